The molecule has 4 nitrogen and oxygen atoms in total. The Labute approximate surface area is 131 Å². The maximum Gasteiger partial charge on any atom is 0.213 e. The number of pyridine rings is 1. The van der Waals surface area contributed by atoms with E-state index in [4.69, 9.17) is 4.74 Å². The zero-order valence-electron chi connectivity index (χ0n) is 13.3. The summed E-state index contributed by atoms with van der Waals surface area (Å²) in [5, 5.41) is 0. The first-order valence-corrected chi connectivity index (χ1v) is 8.33. The molecule has 0 spiro atoms. The van der Waals surface area contributed by atoms with Crippen molar-refractivity contribution in [3.8, 4) is 5.88 Å². The van der Waals surface area contributed by atoms with Crippen molar-refractivity contribution in [2.24, 2.45) is 11.8 Å². The Morgan fingerprint density at radius 3 is 2.95 bits per heavy atom. The number of ether oxygens (including phenoxy) is 1. The summed E-state index contributed by atoms with van der Waals surface area (Å²) >= 11 is 0. The van der Waals surface area contributed by atoms with Gasteiger partial charge in [-0.15, -0.1) is 0 Å². The van der Waals surface area contributed by atoms with Gasteiger partial charge < -0.3 is 9.30 Å². The molecule has 0 N–H and O–H groups in total. The molecule has 3 heterocycles. The minimum absolute atomic E-state index is 0.351. The van der Waals surface area contributed by atoms with Gasteiger partial charge in [0.2, 0.25) is 5.88 Å². The van der Waals surface area contributed by atoms with Crippen LogP contribution >= 0.6 is 0 Å². The van der Waals surface area contributed by atoms with E-state index in [9.17, 15) is 0 Å². The van der Waals surface area contributed by atoms with Crippen LogP contribution in [0.5, 0.6) is 5.88 Å². The molecule has 116 valence electrons. The topological polar surface area (TPSA) is 39.9 Å². The molecule has 0 aromatic carbocycles. The second kappa shape index (κ2) is 5.41. The molecule has 4 rings (SSSR count). The van der Waals surface area contributed by atoms with Gasteiger partial charge in [-0.25, -0.2) is 9.97 Å². The fourth-order valence-electron chi connectivity index (χ4n) is 3.52. The Hall–Kier alpha value is -1.84. The van der Waals surface area contributed by atoms with E-state index in [-0.39, 0.29) is 0 Å². The smallest absolute Gasteiger partial charge is 0.213 e. The van der Waals surface area contributed by atoms with Gasteiger partial charge in [0, 0.05) is 43.5 Å². The lowest BCUT2D eigenvalue weighted by Gasteiger charge is -2.23. The van der Waals surface area contributed by atoms with Gasteiger partial charge in [0.25, 0.3) is 0 Å². The van der Waals surface area contributed by atoms with Crippen molar-refractivity contribution in [1.82, 2.24) is 14.5 Å². The average Bonchev–Trinajstić information content (AvgIpc) is 3.12. The van der Waals surface area contributed by atoms with Gasteiger partial charge in [-0.05, 0) is 30.2 Å². The highest BCUT2D eigenvalue weighted by Gasteiger charge is 2.46. The summed E-state index contributed by atoms with van der Waals surface area (Å²) < 4.78 is 8.34. The van der Waals surface area contributed by atoms with Crippen LogP contribution in [0, 0.1) is 11.8 Å². The van der Waals surface area contributed by atoms with Gasteiger partial charge in [-0.3, -0.25) is 0 Å². The van der Waals surface area contributed by atoms with Crippen LogP contribution < -0.4 is 4.74 Å². The van der Waals surface area contributed by atoms with Crippen LogP contribution in [0.15, 0.2) is 30.7 Å². The third-order valence-corrected chi connectivity index (χ3v) is 5.07. The van der Waals surface area contributed by atoms with E-state index < -0.39 is 0 Å². The fraction of sp³-hybridized carbons (Fsp3) is 0.556. The Morgan fingerprint density at radius 2 is 2.18 bits per heavy atom. The number of rotatable bonds is 4. The average molecular weight is 297 g/mol. The quantitative estimate of drug-likeness (QED) is 0.868. The Morgan fingerprint density at radius 1 is 1.27 bits per heavy atom. The van der Waals surface area contributed by atoms with Crippen LogP contribution in [0.25, 0.3) is 0 Å². The van der Waals surface area contributed by atoms with Crippen molar-refractivity contribution in [3.05, 3.63) is 42.1 Å². The molecule has 22 heavy (non-hydrogen) atoms. The van der Waals surface area contributed by atoms with E-state index in [1.165, 1.54) is 24.2 Å². The van der Waals surface area contributed by atoms with Gasteiger partial charge >= 0.3 is 0 Å². The highest BCUT2D eigenvalue weighted by atomic mass is 16.5. The highest BCUT2D eigenvalue weighted by molar-refractivity contribution is 5.21. The number of aryl methyl sites for hydroxylation is 1. The third kappa shape index (κ3) is 2.62. The first-order chi connectivity index (χ1) is 10.7. The molecule has 0 bridgehead atoms. The number of imidazole rings is 1. The molecule has 3 unspecified atom stereocenters. The molecule has 2 aliphatic rings. The number of nitrogens with zero attached hydrogens (tertiary/aromatic N) is 3. The number of hydrogen-bond donors (Lipinski definition) is 0. The molecule has 4 heteroatoms. The second-order valence-corrected chi connectivity index (χ2v) is 6.93. The van der Waals surface area contributed by atoms with Crippen LogP contribution in [0.3, 0.4) is 0 Å². The summed E-state index contributed by atoms with van der Waals surface area (Å²) in [7, 11) is 0. The summed E-state index contributed by atoms with van der Waals surface area (Å²) in [5.41, 5.74) is 1.26. The molecule has 0 amide bonds. The van der Waals surface area contributed by atoms with Gasteiger partial charge in [0.15, 0.2) is 0 Å². The predicted molar refractivity (Wildman–Crippen MR) is 84.9 cm³/mol. The summed E-state index contributed by atoms with van der Waals surface area (Å²) in [6, 6.07) is 4.14. The van der Waals surface area contributed by atoms with Crippen LogP contribution in [0.1, 0.15) is 44.0 Å². The maximum absolute atomic E-state index is 6.06. The minimum atomic E-state index is 0.351. The van der Waals surface area contributed by atoms with Crippen molar-refractivity contribution in [3.63, 3.8) is 0 Å². The van der Waals surface area contributed by atoms with E-state index in [1.807, 2.05) is 18.5 Å². The fourth-order valence-corrected chi connectivity index (χ4v) is 3.52. The molecule has 3 atom stereocenters. The molecule has 1 fully saturated rings. The number of aromatic nitrogens is 3. The van der Waals surface area contributed by atoms with Gasteiger partial charge in [0.1, 0.15) is 11.9 Å². The van der Waals surface area contributed by atoms with Crippen LogP contribution in [0.2, 0.25) is 0 Å². The van der Waals surface area contributed by atoms with E-state index in [0.29, 0.717) is 17.9 Å². The van der Waals surface area contributed by atoms with Crippen molar-refractivity contribution < 1.29 is 4.74 Å². The standard InChI is InChI=1S/C18H23N3O/c1-12(2)14-3-4-18(20-11-14)22-16-10-15(16)13-5-7-21-8-6-19-17(21)9-13/h3-4,6,8,11-13,15-16H,5,7,9-10H2,1-2H3. The third-order valence-electron chi connectivity index (χ3n) is 5.07. The van der Waals surface area contributed by atoms with Crippen LogP contribution in [0.4, 0.5) is 0 Å². The molecule has 2 aromatic heterocycles. The Bertz CT molecular complexity index is 647. The molecular weight excluding hydrogens is 274 g/mol. The first kappa shape index (κ1) is 13.8. The molecule has 0 radical (unpaired) electrons. The SMILES string of the molecule is CC(C)c1ccc(OC2CC2C2CCn3ccnc3C2)nc1. The Balaban J connectivity index is 1.35. The first-order valence-electron chi connectivity index (χ1n) is 8.33. The lowest BCUT2D eigenvalue weighted by Crippen LogP contribution is -2.22. The molecule has 0 saturated heterocycles. The zero-order valence-corrected chi connectivity index (χ0v) is 13.3. The van der Waals surface area contributed by atoms with Crippen molar-refractivity contribution in [2.45, 2.75) is 51.7 Å². The number of fused-ring (bicyclic) bond motifs is 1. The molecule has 1 aliphatic heterocycles. The van der Waals surface area contributed by atoms with Gasteiger partial charge in [-0.1, -0.05) is 19.9 Å². The van der Waals surface area contributed by atoms with E-state index in [2.05, 4.69) is 40.6 Å². The lowest BCUT2D eigenvalue weighted by molar-refractivity contribution is 0.234. The van der Waals surface area contributed by atoms with Crippen molar-refractivity contribution in [1.29, 1.82) is 0 Å². The molecular formula is C18H23N3O. The molecule has 1 saturated carbocycles. The van der Waals surface area contributed by atoms with E-state index in [0.717, 1.165) is 24.8 Å². The highest BCUT2D eigenvalue weighted by Crippen LogP contribution is 2.44. The monoisotopic (exact) mass is 297 g/mol. The molecule has 1 aliphatic carbocycles. The summed E-state index contributed by atoms with van der Waals surface area (Å²) in [6.45, 7) is 5.47. The summed E-state index contributed by atoms with van der Waals surface area (Å²) in [5.74, 6) is 3.92. The minimum Gasteiger partial charge on any atom is -0.474 e. The van der Waals surface area contributed by atoms with Gasteiger partial charge in [-0.2, -0.15) is 0 Å². The predicted octanol–water partition coefficient (Wildman–Crippen LogP) is 3.43. The number of hydrogen-bond acceptors (Lipinski definition) is 3. The van der Waals surface area contributed by atoms with E-state index >= 15 is 0 Å². The van der Waals surface area contributed by atoms with Crippen molar-refractivity contribution >= 4 is 0 Å². The van der Waals surface area contributed by atoms with Crippen LogP contribution in [-0.4, -0.2) is 20.6 Å². The largest absolute Gasteiger partial charge is 0.474 e. The second-order valence-electron chi connectivity index (χ2n) is 6.93. The molecule has 2 aromatic rings. The van der Waals surface area contributed by atoms with Crippen LogP contribution in [-0.2, 0) is 13.0 Å². The van der Waals surface area contributed by atoms with Gasteiger partial charge in [0.05, 0.1) is 0 Å². The normalized spacial score (nSPS) is 26.8. The maximum atomic E-state index is 6.06. The zero-order chi connectivity index (χ0) is 15.1. The van der Waals surface area contributed by atoms with Crippen molar-refractivity contribution in [2.75, 3.05) is 0 Å². The summed E-state index contributed by atoms with van der Waals surface area (Å²) in [4.78, 5) is 8.91. The Kier molecular flexibility index (Phi) is 3.40. The summed E-state index contributed by atoms with van der Waals surface area (Å²) in [6.07, 6.45) is 9.80. The lowest BCUT2D eigenvalue weighted by atomic mass is 9.93. The van der Waals surface area contributed by atoms with E-state index in [1.54, 1.807) is 0 Å².